The van der Waals surface area contributed by atoms with Crippen molar-refractivity contribution in [3.63, 3.8) is 0 Å². The normalized spacial score (nSPS) is 25.2. The van der Waals surface area contributed by atoms with Gasteiger partial charge >= 0.3 is 0 Å². The van der Waals surface area contributed by atoms with Crippen LogP contribution in [-0.4, -0.2) is 16.7 Å². The van der Waals surface area contributed by atoms with Gasteiger partial charge in [0, 0.05) is 11.6 Å². The monoisotopic (exact) mass is 200 g/mol. The molecule has 0 heterocycles. The van der Waals surface area contributed by atoms with E-state index in [1.165, 1.54) is 6.42 Å². The Labute approximate surface area is 86.5 Å². The van der Waals surface area contributed by atoms with E-state index in [9.17, 15) is 0 Å². The van der Waals surface area contributed by atoms with Gasteiger partial charge in [-0.3, -0.25) is 0 Å². The lowest BCUT2D eigenvalue weighted by molar-refractivity contribution is 0.501. The SMILES string of the molecule is CC(C)(C)NC(=S)NC1CC1(C)C. The van der Waals surface area contributed by atoms with Crippen LogP contribution >= 0.6 is 12.2 Å². The molecule has 1 fully saturated rings. The highest BCUT2D eigenvalue weighted by Crippen LogP contribution is 2.44. The van der Waals surface area contributed by atoms with Gasteiger partial charge in [-0.05, 0) is 44.8 Å². The minimum absolute atomic E-state index is 0.0586. The number of hydrogen-bond acceptors (Lipinski definition) is 1. The molecule has 3 heteroatoms. The van der Waals surface area contributed by atoms with E-state index in [1.54, 1.807) is 0 Å². The molecule has 2 N–H and O–H groups in total. The van der Waals surface area contributed by atoms with Crippen LogP contribution in [0.3, 0.4) is 0 Å². The van der Waals surface area contributed by atoms with Crippen molar-refractivity contribution in [3.05, 3.63) is 0 Å². The van der Waals surface area contributed by atoms with E-state index in [0.717, 1.165) is 5.11 Å². The highest BCUT2D eigenvalue weighted by atomic mass is 32.1. The summed E-state index contributed by atoms with van der Waals surface area (Å²) in [5.74, 6) is 0. The zero-order chi connectivity index (χ0) is 10.3. The summed E-state index contributed by atoms with van der Waals surface area (Å²) in [7, 11) is 0. The topological polar surface area (TPSA) is 24.1 Å². The van der Waals surface area contributed by atoms with Gasteiger partial charge in [0.1, 0.15) is 0 Å². The molecular weight excluding hydrogens is 180 g/mol. The van der Waals surface area contributed by atoms with E-state index in [2.05, 4.69) is 45.3 Å². The van der Waals surface area contributed by atoms with E-state index in [0.29, 0.717) is 11.5 Å². The molecule has 0 radical (unpaired) electrons. The van der Waals surface area contributed by atoms with Gasteiger partial charge in [-0.15, -0.1) is 0 Å². The molecule has 76 valence electrons. The third-order valence-electron chi connectivity index (χ3n) is 2.31. The third-order valence-corrected chi connectivity index (χ3v) is 2.53. The first-order chi connectivity index (χ1) is 5.71. The standard InChI is InChI=1S/C10H20N2S/c1-9(2,3)12-8(13)11-7-6-10(7,4)5/h7H,6H2,1-5H3,(H2,11,12,13). The quantitative estimate of drug-likeness (QED) is 0.634. The zero-order valence-electron chi connectivity index (χ0n) is 9.19. The number of rotatable bonds is 1. The van der Waals surface area contributed by atoms with Crippen LogP contribution in [0.2, 0.25) is 0 Å². The van der Waals surface area contributed by atoms with E-state index in [1.807, 2.05) is 0 Å². The van der Waals surface area contributed by atoms with Crippen molar-refractivity contribution in [2.45, 2.75) is 52.6 Å². The van der Waals surface area contributed by atoms with Crippen molar-refractivity contribution in [1.82, 2.24) is 10.6 Å². The highest BCUT2D eigenvalue weighted by molar-refractivity contribution is 7.80. The van der Waals surface area contributed by atoms with Crippen LogP contribution in [0.4, 0.5) is 0 Å². The second-order valence-electron chi connectivity index (χ2n) is 5.59. The lowest BCUT2D eigenvalue weighted by Gasteiger charge is -2.23. The van der Waals surface area contributed by atoms with E-state index >= 15 is 0 Å². The van der Waals surface area contributed by atoms with Crippen LogP contribution in [0, 0.1) is 5.41 Å². The Hall–Kier alpha value is -0.310. The van der Waals surface area contributed by atoms with Crippen LogP contribution in [0.25, 0.3) is 0 Å². The van der Waals surface area contributed by atoms with Crippen LogP contribution in [0.1, 0.15) is 41.0 Å². The molecule has 1 rings (SSSR count). The smallest absolute Gasteiger partial charge is 0.166 e. The van der Waals surface area contributed by atoms with Gasteiger partial charge < -0.3 is 10.6 Å². The lowest BCUT2D eigenvalue weighted by atomic mass is 10.1. The molecule has 0 aliphatic heterocycles. The summed E-state index contributed by atoms with van der Waals surface area (Å²) in [5.41, 5.74) is 0.493. The van der Waals surface area contributed by atoms with Crippen molar-refractivity contribution in [2.75, 3.05) is 0 Å². The average Bonchev–Trinajstić information content (AvgIpc) is 2.32. The summed E-state index contributed by atoms with van der Waals surface area (Å²) in [6, 6.07) is 0.565. The van der Waals surface area contributed by atoms with Gasteiger partial charge in [0.15, 0.2) is 5.11 Å². The van der Waals surface area contributed by atoms with E-state index < -0.39 is 0 Å². The number of nitrogens with one attached hydrogen (secondary N) is 2. The minimum Gasteiger partial charge on any atom is -0.359 e. The largest absolute Gasteiger partial charge is 0.359 e. The Bertz CT molecular complexity index is 215. The van der Waals surface area contributed by atoms with Crippen molar-refractivity contribution in [2.24, 2.45) is 5.41 Å². The van der Waals surface area contributed by atoms with Crippen molar-refractivity contribution in [1.29, 1.82) is 0 Å². The van der Waals surface area contributed by atoms with Crippen LogP contribution in [-0.2, 0) is 0 Å². The van der Waals surface area contributed by atoms with Crippen LogP contribution in [0.5, 0.6) is 0 Å². The van der Waals surface area contributed by atoms with E-state index in [-0.39, 0.29) is 5.54 Å². The molecule has 0 aromatic carbocycles. The van der Waals surface area contributed by atoms with Crippen LogP contribution < -0.4 is 10.6 Å². The van der Waals surface area contributed by atoms with Gasteiger partial charge in [-0.25, -0.2) is 0 Å². The third kappa shape index (κ3) is 3.51. The molecule has 1 atom stereocenters. The Morgan fingerprint density at radius 2 is 1.85 bits per heavy atom. The fraction of sp³-hybridized carbons (Fsp3) is 0.900. The Morgan fingerprint density at radius 3 is 2.15 bits per heavy atom. The summed E-state index contributed by atoms with van der Waals surface area (Å²) >= 11 is 5.20. The molecule has 0 aromatic rings. The predicted molar refractivity (Wildman–Crippen MR) is 60.8 cm³/mol. The summed E-state index contributed by atoms with van der Waals surface area (Å²) < 4.78 is 0. The maximum Gasteiger partial charge on any atom is 0.166 e. The molecule has 0 amide bonds. The molecule has 1 aliphatic carbocycles. The second kappa shape index (κ2) is 3.12. The first-order valence-corrected chi connectivity index (χ1v) is 5.20. The average molecular weight is 200 g/mol. The highest BCUT2D eigenvalue weighted by Gasteiger charge is 2.46. The lowest BCUT2D eigenvalue weighted by Crippen LogP contribution is -2.47. The van der Waals surface area contributed by atoms with Crippen LogP contribution in [0.15, 0.2) is 0 Å². The first kappa shape index (κ1) is 10.8. The van der Waals surface area contributed by atoms with Gasteiger partial charge in [0.2, 0.25) is 0 Å². The molecular formula is C10H20N2S. The number of thiocarbonyl (C=S) groups is 1. The van der Waals surface area contributed by atoms with Gasteiger partial charge in [0.05, 0.1) is 0 Å². The maximum absolute atomic E-state index is 5.20. The van der Waals surface area contributed by atoms with Crippen molar-refractivity contribution in [3.8, 4) is 0 Å². The summed E-state index contributed by atoms with van der Waals surface area (Å²) in [4.78, 5) is 0. The molecule has 1 unspecified atom stereocenters. The molecule has 0 aromatic heterocycles. The minimum atomic E-state index is 0.0586. The zero-order valence-corrected chi connectivity index (χ0v) is 10.0. The fourth-order valence-electron chi connectivity index (χ4n) is 1.25. The Kier molecular flexibility index (Phi) is 2.59. The second-order valence-corrected chi connectivity index (χ2v) is 6.00. The van der Waals surface area contributed by atoms with Gasteiger partial charge in [0.25, 0.3) is 0 Å². The van der Waals surface area contributed by atoms with Crippen molar-refractivity contribution >= 4 is 17.3 Å². The molecule has 13 heavy (non-hydrogen) atoms. The van der Waals surface area contributed by atoms with Crippen molar-refractivity contribution < 1.29 is 0 Å². The van der Waals surface area contributed by atoms with E-state index in [4.69, 9.17) is 12.2 Å². The molecule has 0 saturated heterocycles. The maximum atomic E-state index is 5.20. The Balaban J connectivity index is 2.28. The molecule has 1 saturated carbocycles. The van der Waals surface area contributed by atoms with Gasteiger partial charge in [-0.2, -0.15) is 0 Å². The fourth-order valence-corrected chi connectivity index (χ4v) is 1.70. The summed E-state index contributed by atoms with van der Waals surface area (Å²) in [6.07, 6.45) is 1.22. The molecule has 2 nitrogen and oxygen atoms in total. The Morgan fingerprint density at radius 1 is 1.38 bits per heavy atom. The first-order valence-electron chi connectivity index (χ1n) is 4.79. The summed E-state index contributed by atoms with van der Waals surface area (Å²) in [5, 5.41) is 7.35. The number of hydrogen-bond donors (Lipinski definition) is 2. The van der Waals surface area contributed by atoms with Gasteiger partial charge in [-0.1, -0.05) is 13.8 Å². The predicted octanol–water partition coefficient (Wildman–Crippen LogP) is 2.05. The molecule has 1 aliphatic rings. The molecule has 0 bridgehead atoms. The molecule has 0 spiro atoms. The summed E-state index contributed by atoms with van der Waals surface area (Å²) in [6.45, 7) is 10.8.